The molecule has 0 aromatic heterocycles. The first-order valence-electron chi connectivity index (χ1n) is 11.2. The summed E-state index contributed by atoms with van der Waals surface area (Å²) in [6.07, 6.45) is 0. The Morgan fingerprint density at radius 3 is 1.60 bits per heavy atom. The summed E-state index contributed by atoms with van der Waals surface area (Å²) in [6, 6.07) is 17.2. The lowest BCUT2D eigenvalue weighted by atomic mass is 9.93. The molecule has 0 radical (unpaired) electrons. The summed E-state index contributed by atoms with van der Waals surface area (Å²) in [7, 11) is -0.533. The molecule has 0 atom stereocenters. The average molecular weight is 425 g/mol. The van der Waals surface area contributed by atoms with Crippen LogP contribution in [0.1, 0.15) is 97.8 Å². The highest BCUT2D eigenvalue weighted by atomic mass is 31.1. The van der Waals surface area contributed by atoms with Crippen LogP contribution in [-0.4, -0.2) is 16.1 Å². The normalized spacial score (nSPS) is 13.4. The number of rotatable bonds is 5. The predicted octanol–water partition coefficient (Wildman–Crippen LogP) is 8.60. The molecule has 0 saturated heterocycles. The Balaban J connectivity index is 2.73. The summed E-state index contributed by atoms with van der Waals surface area (Å²) in [5.41, 5.74) is 4.90. The highest BCUT2D eigenvalue weighted by Crippen LogP contribution is 2.56. The molecule has 0 spiro atoms. The second kappa shape index (κ2) is 9.65. The fraction of sp³-hybridized carbons (Fsp3) is 0.519. The van der Waals surface area contributed by atoms with Gasteiger partial charge in [0.05, 0.1) is 5.69 Å². The second-order valence-corrected chi connectivity index (χ2v) is 14.3. The molecule has 0 aliphatic heterocycles. The Hall–Kier alpha value is -1.66. The number of aliphatic imine (C=N–C) groups is 1. The number of hydrogen-bond acceptors (Lipinski definition) is 1. The molecule has 3 heteroatoms. The van der Waals surface area contributed by atoms with E-state index in [-0.39, 0.29) is 10.3 Å². The molecular weight excluding hydrogens is 383 g/mol. The third-order valence-electron chi connectivity index (χ3n) is 5.17. The second-order valence-electron chi connectivity index (χ2n) is 10.7. The third-order valence-corrected chi connectivity index (χ3v) is 8.29. The van der Waals surface area contributed by atoms with E-state index in [0.717, 1.165) is 17.1 Å². The van der Waals surface area contributed by atoms with Crippen LogP contribution in [0.2, 0.25) is 0 Å². The largest absolute Gasteiger partial charge is 0.348 e. The van der Waals surface area contributed by atoms with Gasteiger partial charge in [-0.25, -0.2) is 4.99 Å². The zero-order chi connectivity index (χ0) is 22.7. The van der Waals surface area contributed by atoms with Crippen LogP contribution in [0.5, 0.6) is 0 Å². The number of hydrogen-bond donors (Lipinski definition) is 1. The molecule has 2 nitrogen and oxygen atoms in total. The van der Waals surface area contributed by atoms with Crippen molar-refractivity contribution in [1.29, 1.82) is 0 Å². The van der Waals surface area contributed by atoms with E-state index in [1.807, 2.05) is 0 Å². The summed E-state index contributed by atoms with van der Waals surface area (Å²) >= 11 is 0. The van der Waals surface area contributed by atoms with Gasteiger partial charge in [0.1, 0.15) is 5.84 Å². The van der Waals surface area contributed by atoms with E-state index >= 15 is 0 Å². The maximum Gasteiger partial charge on any atom is 0.137 e. The van der Waals surface area contributed by atoms with Crippen LogP contribution < -0.4 is 5.09 Å². The van der Waals surface area contributed by atoms with E-state index in [1.54, 1.807) is 0 Å². The standard InChI is InChI=1S/C27H41N2P/c1-19(2)22-17-14-18-23(20(3)4)24(22)28-25(21-15-12-11-13-16-21)29-30(26(5,6)7)27(8,9)10/h11-20H,1-10H3,(H,28,29). The molecule has 0 unspecified atom stereocenters. The zero-order valence-corrected chi connectivity index (χ0v) is 21.6. The Kier molecular flexibility index (Phi) is 7.91. The molecule has 0 amide bonds. The van der Waals surface area contributed by atoms with Crippen molar-refractivity contribution in [2.45, 2.75) is 91.4 Å². The van der Waals surface area contributed by atoms with Gasteiger partial charge in [-0.1, -0.05) is 118 Å². The van der Waals surface area contributed by atoms with Gasteiger partial charge in [0.25, 0.3) is 0 Å². The average Bonchev–Trinajstić information content (AvgIpc) is 2.63. The molecule has 1 N–H and O–H groups in total. The van der Waals surface area contributed by atoms with Crippen LogP contribution in [0, 0.1) is 0 Å². The van der Waals surface area contributed by atoms with E-state index in [4.69, 9.17) is 4.99 Å². The van der Waals surface area contributed by atoms with Crippen molar-refractivity contribution in [1.82, 2.24) is 5.09 Å². The summed E-state index contributed by atoms with van der Waals surface area (Å²) in [5, 5.41) is 4.25. The maximum absolute atomic E-state index is 5.36. The van der Waals surface area contributed by atoms with Gasteiger partial charge in [-0.3, -0.25) is 0 Å². The minimum atomic E-state index is -0.533. The Morgan fingerprint density at radius 2 is 1.20 bits per heavy atom. The lowest BCUT2D eigenvalue weighted by molar-refractivity contribution is 0.699. The first-order chi connectivity index (χ1) is 13.8. The Labute approximate surface area is 186 Å². The van der Waals surface area contributed by atoms with Crippen LogP contribution in [0.3, 0.4) is 0 Å². The van der Waals surface area contributed by atoms with E-state index < -0.39 is 8.07 Å². The van der Waals surface area contributed by atoms with Crippen molar-refractivity contribution >= 4 is 19.6 Å². The monoisotopic (exact) mass is 424 g/mol. The van der Waals surface area contributed by atoms with Gasteiger partial charge in [0.15, 0.2) is 0 Å². The summed E-state index contributed by atoms with van der Waals surface area (Å²) in [5.74, 6) is 1.83. The van der Waals surface area contributed by atoms with Gasteiger partial charge in [0.2, 0.25) is 0 Å². The van der Waals surface area contributed by atoms with E-state index in [1.165, 1.54) is 11.1 Å². The van der Waals surface area contributed by atoms with Gasteiger partial charge < -0.3 is 5.09 Å². The van der Waals surface area contributed by atoms with Crippen molar-refractivity contribution in [3.05, 3.63) is 65.2 Å². The zero-order valence-electron chi connectivity index (χ0n) is 20.7. The molecule has 0 bridgehead atoms. The SMILES string of the molecule is CC(C)c1cccc(C(C)C)c1N=C(NP(C(C)(C)C)C(C)(C)C)c1ccccc1. The molecule has 0 fully saturated rings. The highest BCUT2D eigenvalue weighted by Gasteiger charge is 2.35. The van der Waals surface area contributed by atoms with Crippen LogP contribution in [-0.2, 0) is 0 Å². The first kappa shape index (κ1) is 24.6. The van der Waals surface area contributed by atoms with Gasteiger partial charge in [-0.05, 0) is 23.0 Å². The van der Waals surface area contributed by atoms with Crippen molar-refractivity contribution in [3.63, 3.8) is 0 Å². The lowest BCUT2D eigenvalue weighted by Crippen LogP contribution is -2.36. The van der Waals surface area contributed by atoms with E-state index in [2.05, 4.69) is 123 Å². The van der Waals surface area contributed by atoms with Gasteiger partial charge in [-0.2, -0.15) is 0 Å². The predicted molar refractivity (Wildman–Crippen MR) is 137 cm³/mol. The van der Waals surface area contributed by atoms with Crippen LogP contribution in [0.15, 0.2) is 53.5 Å². The van der Waals surface area contributed by atoms with Gasteiger partial charge >= 0.3 is 0 Å². The molecule has 2 aromatic carbocycles. The Morgan fingerprint density at radius 1 is 0.733 bits per heavy atom. The van der Waals surface area contributed by atoms with Crippen molar-refractivity contribution in [3.8, 4) is 0 Å². The molecule has 0 aliphatic carbocycles. The quantitative estimate of drug-likeness (QED) is 0.290. The van der Waals surface area contributed by atoms with E-state index in [0.29, 0.717) is 11.8 Å². The molecule has 0 saturated carbocycles. The van der Waals surface area contributed by atoms with Gasteiger partial charge in [-0.15, -0.1) is 0 Å². The number of nitrogens with zero attached hydrogens (tertiary/aromatic N) is 1. The molecule has 30 heavy (non-hydrogen) atoms. The number of nitrogens with one attached hydrogen (secondary N) is 1. The molecule has 2 aromatic rings. The number of para-hydroxylation sites is 1. The first-order valence-corrected chi connectivity index (χ1v) is 12.5. The molecule has 0 heterocycles. The fourth-order valence-electron chi connectivity index (χ4n) is 3.95. The molecule has 0 aliphatic rings. The topological polar surface area (TPSA) is 24.4 Å². The van der Waals surface area contributed by atoms with Crippen LogP contribution in [0.25, 0.3) is 0 Å². The molecular formula is C27H41N2P. The maximum atomic E-state index is 5.36. The van der Waals surface area contributed by atoms with Crippen molar-refractivity contribution in [2.24, 2.45) is 4.99 Å². The number of amidine groups is 1. The minimum Gasteiger partial charge on any atom is -0.348 e. The minimum absolute atomic E-state index is 0.154. The third kappa shape index (κ3) is 6.17. The summed E-state index contributed by atoms with van der Waals surface area (Å²) < 4.78 is 0. The fourth-order valence-corrected chi connectivity index (χ4v) is 7.02. The van der Waals surface area contributed by atoms with Crippen molar-refractivity contribution in [2.75, 3.05) is 0 Å². The van der Waals surface area contributed by atoms with Crippen molar-refractivity contribution < 1.29 is 0 Å². The smallest absolute Gasteiger partial charge is 0.137 e. The van der Waals surface area contributed by atoms with Gasteiger partial charge in [0, 0.05) is 23.9 Å². The van der Waals surface area contributed by atoms with E-state index in [9.17, 15) is 0 Å². The summed E-state index contributed by atoms with van der Waals surface area (Å²) in [4.78, 5) is 5.36. The van der Waals surface area contributed by atoms with Crippen LogP contribution >= 0.6 is 8.07 Å². The number of benzene rings is 2. The Bertz CT molecular complexity index is 812. The molecule has 2 rings (SSSR count). The summed E-state index contributed by atoms with van der Waals surface area (Å²) in [6.45, 7) is 23.0. The van der Waals surface area contributed by atoms with Crippen LogP contribution in [0.4, 0.5) is 5.69 Å². The highest BCUT2D eigenvalue weighted by molar-refractivity contribution is 7.59. The molecule has 164 valence electrons. The lowest BCUT2D eigenvalue weighted by Gasteiger charge is -2.42.